The molecule has 49 heavy (non-hydrogen) atoms. The molecule has 0 saturated heterocycles. The summed E-state index contributed by atoms with van der Waals surface area (Å²) in [7, 11) is 3.82. The Kier molecular flexibility index (Phi) is 11.2. The Labute approximate surface area is 298 Å². The van der Waals surface area contributed by atoms with Gasteiger partial charge in [0.15, 0.2) is 11.5 Å². The molecule has 0 bridgehead atoms. The van der Waals surface area contributed by atoms with Gasteiger partial charge >= 0.3 is 0 Å². The lowest BCUT2D eigenvalue weighted by atomic mass is 9.76. The lowest BCUT2D eigenvalue weighted by Gasteiger charge is -2.38. The van der Waals surface area contributed by atoms with Crippen molar-refractivity contribution in [2.45, 2.75) is 97.1 Å². The fraction of sp³-hybridized carbons (Fsp3) is 0.524. The summed E-state index contributed by atoms with van der Waals surface area (Å²) in [6.45, 7) is 7.13. The predicted octanol–water partition coefficient (Wildman–Crippen LogP) is 9.84. The molecule has 1 amide bonds. The van der Waals surface area contributed by atoms with E-state index in [0.29, 0.717) is 34.1 Å². The minimum atomic E-state index is -0.341. The van der Waals surface area contributed by atoms with Gasteiger partial charge < -0.3 is 19.3 Å². The summed E-state index contributed by atoms with van der Waals surface area (Å²) in [5.74, 6) is 4.12. The second-order valence-corrected chi connectivity index (χ2v) is 15.6. The summed E-state index contributed by atoms with van der Waals surface area (Å²) in [6.07, 6.45) is 10.9. The monoisotopic (exact) mass is 684 g/mol. The van der Waals surface area contributed by atoms with E-state index in [1.54, 1.807) is 7.11 Å². The summed E-state index contributed by atoms with van der Waals surface area (Å²) in [5, 5.41) is 0.655. The van der Waals surface area contributed by atoms with E-state index in [2.05, 4.69) is 43.1 Å². The van der Waals surface area contributed by atoms with Crippen molar-refractivity contribution in [3.8, 4) is 11.5 Å². The molecular formula is C42H53ClN2O4. The highest BCUT2D eigenvalue weighted by Gasteiger charge is 2.36. The summed E-state index contributed by atoms with van der Waals surface area (Å²) >= 11 is 6.30. The fourth-order valence-electron chi connectivity index (χ4n) is 8.47. The van der Waals surface area contributed by atoms with Gasteiger partial charge in [-0.3, -0.25) is 9.59 Å². The standard InChI is InChI=1S/C42H53ClN2O4/c1-27(2)49-40-25-37-33(23-39(40)48-5)24-41(47)45(42(37)32-13-15-34(43)16-14-32)36-19-17-35(18-20-36)44(4)26-30-11-9-29(10-12-30)21-31-8-6-7-28(3)38(46)22-31/h13-20,23,25,27-31,42H,6-12,21-22,24,26H2,1-5H3. The molecule has 3 aromatic carbocycles. The van der Waals surface area contributed by atoms with Crippen LogP contribution in [0, 0.1) is 23.7 Å². The number of methoxy groups -OCH3 is 1. The van der Waals surface area contributed by atoms with Gasteiger partial charge in [0.2, 0.25) is 5.91 Å². The number of nitrogens with zero attached hydrogens (tertiary/aromatic N) is 2. The highest BCUT2D eigenvalue weighted by atomic mass is 35.5. The first-order chi connectivity index (χ1) is 23.6. The molecule has 3 aromatic rings. The zero-order chi connectivity index (χ0) is 34.7. The Morgan fingerprint density at radius 3 is 2.24 bits per heavy atom. The third-order valence-corrected chi connectivity index (χ3v) is 11.4. The van der Waals surface area contributed by atoms with Crippen LogP contribution in [0.2, 0.25) is 5.02 Å². The molecule has 0 radical (unpaired) electrons. The molecule has 3 atom stereocenters. The van der Waals surface area contributed by atoms with Gasteiger partial charge in [0.1, 0.15) is 5.78 Å². The molecular weight excluding hydrogens is 632 g/mol. The van der Waals surface area contributed by atoms with Crippen LogP contribution in [0.25, 0.3) is 0 Å². The molecule has 262 valence electrons. The van der Waals surface area contributed by atoms with Gasteiger partial charge in [-0.05, 0) is 129 Å². The average molecular weight is 685 g/mol. The fourth-order valence-corrected chi connectivity index (χ4v) is 8.60. The van der Waals surface area contributed by atoms with Crippen LogP contribution in [0.15, 0.2) is 60.7 Å². The van der Waals surface area contributed by atoms with Crippen molar-refractivity contribution in [1.82, 2.24) is 0 Å². The Balaban J connectivity index is 1.15. The van der Waals surface area contributed by atoms with Gasteiger partial charge in [0.25, 0.3) is 0 Å². The van der Waals surface area contributed by atoms with Crippen LogP contribution in [0.1, 0.15) is 101 Å². The van der Waals surface area contributed by atoms with Gasteiger partial charge in [-0.2, -0.15) is 0 Å². The van der Waals surface area contributed by atoms with Crippen molar-refractivity contribution < 1.29 is 19.1 Å². The van der Waals surface area contributed by atoms with Crippen molar-refractivity contribution in [2.75, 3.05) is 30.5 Å². The molecule has 6 rings (SSSR count). The van der Waals surface area contributed by atoms with E-state index in [0.717, 1.165) is 53.4 Å². The second kappa shape index (κ2) is 15.6. The van der Waals surface area contributed by atoms with Gasteiger partial charge in [-0.1, -0.05) is 49.9 Å². The number of fused-ring (bicyclic) bond motifs is 1. The van der Waals surface area contributed by atoms with Crippen molar-refractivity contribution >= 4 is 34.7 Å². The van der Waals surface area contributed by atoms with Crippen molar-refractivity contribution in [2.24, 2.45) is 23.7 Å². The molecule has 2 aliphatic carbocycles. The number of ether oxygens (including phenoxy) is 2. The predicted molar refractivity (Wildman–Crippen MR) is 199 cm³/mol. The first-order valence-corrected chi connectivity index (χ1v) is 18.8. The number of carbonyl (C=O) groups is 2. The van der Waals surface area contributed by atoms with Gasteiger partial charge in [0, 0.05) is 42.3 Å². The molecule has 7 heteroatoms. The second-order valence-electron chi connectivity index (χ2n) is 15.2. The molecule has 0 aromatic heterocycles. The van der Waals surface area contributed by atoms with Crippen LogP contribution in [0.3, 0.4) is 0 Å². The van der Waals surface area contributed by atoms with Crippen LogP contribution in [-0.2, 0) is 16.0 Å². The molecule has 3 aliphatic rings. The van der Waals surface area contributed by atoms with E-state index in [1.807, 2.05) is 55.1 Å². The quantitative estimate of drug-likeness (QED) is 0.199. The maximum atomic E-state index is 14.0. The molecule has 6 nitrogen and oxygen atoms in total. The molecule has 1 heterocycles. The number of ketones is 1. The molecule has 1 aliphatic heterocycles. The number of anilines is 2. The van der Waals surface area contributed by atoms with Crippen molar-refractivity contribution in [3.63, 3.8) is 0 Å². The third kappa shape index (κ3) is 8.28. The van der Waals surface area contributed by atoms with Gasteiger partial charge in [0.05, 0.1) is 25.7 Å². The van der Waals surface area contributed by atoms with E-state index in [-0.39, 0.29) is 30.4 Å². The average Bonchev–Trinajstić information content (AvgIpc) is 3.24. The number of hydrogen-bond donors (Lipinski definition) is 0. The first-order valence-electron chi connectivity index (χ1n) is 18.4. The van der Waals surface area contributed by atoms with E-state index in [9.17, 15) is 9.59 Å². The van der Waals surface area contributed by atoms with Crippen LogP contribution < -0.4 is 19.3 Å². The van der Waals surface area contributed by atoms with Crippen molar-refractivity contribution in [1.29, 1.82) is 0 Å². The van der Waals surface area contributed by atoms with Crippen LogP contribution in [0.4, 0.5) is 11.4 Å². The van der Waals surface area contributed by atoms with Crippen LogP contribution in [-0.4, -0.2) is 38.5 Å². The lowest BCUT2D eigenvalue weighted by molar-refractivity contribution is -0.123. The number of carbonyl (C=O) groups excluding carboxylic acids is 2. The zero-order valence-electron chi connectivity index (χ0n) is 29.9. The number of benzene rings is 3. The topological polar surface area (TPSA) is 59.1 Å². The summed E-state index contributed by atoms with van der Waals surface area (Å²) in [4.78, 5) is 30.7. The van der Waals surface area contributed by atoms with Gasteiger partial charge in [-0.15, -0.1) is 0 Å². The molecule has 0 N–H and O–H groups in total. The lowest BCUT2D eigenvalue weighted by Crippen LogP contribution is -2.41. The highest BCUT2D eigenvalue weighted by molar-refractivity contribution is 6.30. The minimum absolute atomic E-state index is 0.0241. The molecule has 3 unspecified atom stereocenters. The number of Topliss-reactive ketones (excluding diaryl/α,β-unsaturated/α-hetero) is 1. The summed E-state index contributed by atoms with van der Waals surface area (Å²) in [5.41, 5.74) is 4.97. The zero-order valence-corrected chi connectivity index (χ0v) is 30.7. The maximum Gasteiger partial charge on any atom is 0.232 e. The SMILES string of the molecule is COc1cc2c(cc1OC(C)C)C(c1ccc(Cl)cc1)N(c1ccc(N(C)CC3CCC(CC4CCCC(C)C(=O)C4)CC3)cc1)C(=O)C2. The number of halogens is 1. The molecule has 0 spiro atoms. The van der Waals surface area contributed by atoms with Gasteiger partial charge in [-0.25, -0.2) is 0 Å². The molecule has 2 saturated carbocycles. The van der Waals surface area contributed by atoms with E-state index >= 15 is 0 Å². The van der Waals surface area contributed by atoms with E-state index in [4.69, 9.17) is 21.1 Å². The number of amides is 1. The van der Waals surface area contributed by atoms with E-state index in [1.165, 1.54) is 44.9 Å². The largest absolute Gasteiger partial charge is 0.493 e. The Morgan fingerprint density at radius 2 is 1.57 bits per heavy atom. The van der Waals surface area contributed by atoms with Crippen molar-refractivity contribution in [3.05, 3.63) is 82.4 Å². The Hall–Kier alpha value is -3.51. The number of rotatable bonds is 10. The Morgan fingerprint density at radius 1 is 0.878 bits per heavy atom. The van der Waals surface area contributed by atoms with E-state index < -0.39 is 0 Å². The smallest absolute Gasteiger partial charge is 0.232 e. The third-order valence-electron chi connectivity index (χ3n) is 11.2. The first kappa shape index (κ1) is 35.3. The molecule has 2 fully saturated rings. The Bertz CT molecular complexity index is 1600. The van der Waals surface area contributed by atoms with Crippen LogP contribution >= 0.6 is 11.6 Å². The highest BCUT2D eigenvalue weighted by Crippen LogP contribution is 2.44. The minimum Gasteiger partial charge on any atom is -0.493 e. The summed E-state index contributed by atoms with van der Waals surface area (Å²) < 4.78 is 11.8. The van der Waals surface area contributed by atoms with Crippen LogP contribution in [0.5, 0.6) is 11.5 Å². The number of hydrogen-bond acceptors (Lipinski definition) is 5. The normalized spacial score (nSPS) is 24.4. The summed E-state index contributed by atoms with van der Waals surface area (Å²) in [6, 6.07) is 19.9. The maximum absolute atomic E-state index is 14.0.